The van der Waals surface area contributed by atoms with E-state index >= 15 is 0 Å². The standard InChI is InChI=1S/C18H15N3O4S/c22-16(19-11-5-6-14-15(9-11)25-8-7-24-14)10-26-18-20-13-4-2-1-3-12(13)17(23)21-18/h1-6,9H,7-8,10H2,(H,19,22)(H,20,21,23). The van der Waals surface area contributed by atoms with Crippen molar-refractivity contribution in [1.82, 2.24) is 9.97 Å². The minimum absolute atomic E-state index is 0.121. The van der Waals surface area contributed by atoms with Gasteiger partial charge in [-0.3, -0.25) is 9.59 Å². The Hall–Kier alpha value is -3.00. The Kier molecular flexibility index (Phi) is 4.49. The number of nitrogens with one attached hydrogen (secondary N) is 2. The van der Waals surface area contributed by atoms with E-state index in [9.17, 15) is 9.59 Å². The molecule has 0 fully saturated rings. The summed E-state index contributed by atoms with van der Waals surface area (Å²) < 4.78 is 10.9. The van der Waals surface area contributed by atoms with Crippen LogP contribution in [-0.2, 0) is 4.79 Å². The van der Waals surface area contributed by atoms with Gasteiger partial charge in [0, 0.05) is 11.8 Å². The molecule has 2 aromatic carbocycles. The van der Waals surface area contributed by atoms with Gasteiger partial charge in [0.1, 0.15) is 13.2 Å². The third kappa shape index (κ3) is 3.50. The number of thioether (sulfide) groups is 1. The Bertz CT molecular complexity index is 1030. The number of carbonyl (C=O) groups excluding carboxylic acids is 1. The highest BCUT2D eigenvalue weighted by atomic mass is 32.2. The average molecular weight is 369 g/mol. The molecule has 1 aliphatic rings. The third-order valence-electron chi connectivity index (χ3n) is 3.76. The first-order valence-electron chi connectivity index (χ1n) is 8.00. The van der Waals surface area contributed by atoms with Crippen LogP contribution in [0.25, 0.3) is 10.9 Å². The van der Waals surface area contributed by atoms with E-state index in [1.165, 1.54) is 11.8 Å². The minimum Gasteiger partial charge on any atom is -0.486 e. The minimum atomic E-state index is -0.217. The first-order valence-corrected chi connectivity index (χ1v) is 8.99. The Labute approximate surface area is 152 Å². The van der Waals surface area contributed by atoms with Crippen LogP contribution in [0, 0.1) is 0 Å². The summed E-state index contributed by atoms with van der Waals surface area (Å²) >= 11 is 1.17. The summed E-state index contributed by atoms with van der Waals surface area (Å²) in [6, 6.07) is 12.3. The van der Waals surface area contributed by atoms with E-state index in [-0.39, 0.29) is 17.2 Å². The number of rotatable bonds is 4. The van der Waals surface area contributed by atoms with Crippen LogP contribution in [0.3, 0.4) is 0 Å². The second kappa shape index (κ2) is 7.09. The van der Waals surface area contributed by atoms with Crippen molar-refractivity contribution in [3.63, 3.8) is 0 Å². The largest absolute Gasteiger partial charge is 0.486 e. The Morgan fingerprint density at radius 2 is 1.96 bits per heavy atom. The highest BCUT2D eigenvalue weighted by molar-refractivity contribution is 7.99. The molecule has 0 aliphatic carbocycles. The molecule has 0 atom stereocenters. The molecule has 8 heteroatoms. The fourth-order valence-corrected chi connectivity index (χ4v) is 3.25. The van der Waals surface area contributed by atoms with E-state index in [1.54, 1.807) is 36.4 Å². The summed E-state index contributed by atoms with van der Waals surface area (Å²) in [6.45, 7) is 1.01. The molecule has 0 radical (unpaired) electrons. The lowest BCUT2D eigenvalue weighted by atomic mass is 10.2. The molecule has 0 unspecified atom stereocenters. The van der Waals surface area contributed by atoms with Gasteiger partial charge >= 0.3 is 0 Å². The van der Waals surface area contributed by atoms with Crippen LogP contribution in [0.4, 0.5) is 5.69 Å². The highest BCUT2D eigenvalue weighted by Crippen LogP contribution is 2.32. The number of aromatic amines is 1. The Balaban J connectivity index is 1.42. The van der Waals surface area contributed by atoms with Crippen LogP contribution in [0.15, 0.2) is 52.4 Å². The number of H-pyrrole nitrogens is 1. The molecule has 0 bridgehead atoms. The maximum atomic E-state index is 12.2. The van der Waals surface area contributed by atoms with Crippen molar-refractivity contribution < 1.29 is 14.3 Å². The van der Waals surface area contributed by atoms with Crippen LogP contribution in [0.1, 0.15) is 0 Å². The maximum Gasteiger partial charge on any atom is 0.259 e. The molecule has 26 heavy (non-hydrogen) atoms. The van der Waals surface area contributed by atoms with Gasteiger partial charge in [-0.2, -0.15) is 0 Å². The highest BCUT2D eigenvalue weighted by Gasteiger charge is 2.13. The maximum absolute atomic E-state index is 12.2. The number of carbonyl (C=O) groups is 1. The van der Waals surface area contributed by atoms with E-state index in [1.807, 2.05) is 6.07 Å². The average Bonchev–Trinajstić information content (AvgIpc) is 2.66. The van der Waals surface area contributed by atoms with Crippen molar-refractivity contribution in [1.29, 1.82) is 0 Å². The third-order valence-corrected chi connectivity index (χ3v) is 4.63. The lowest BCUT2D eigenvalue weighted by Gasteiger charge is -2.18. The normalized spacial score (nSPS) is 12.8. The molecule has 3 aromatic rings. The quantitative estimate of drug-likeness (QED) is 0.542. The zero-order valence-electron chi connectivity index (χ0n) is 13.7. The number of para-hydroxylation sites is 1. The van der Waals surface area contributed by atoms with Crippen LogP contribution in [0.5, 0.6) is 11.5 Å². The number of fused-ring (bicyclic) bond motifs is 2. The molecule has 2 heterocycles. The van der Waals surface area contributed by atoms with E-state index < -0.39 is 0 Å². The molecular formula is C18H15N3O4S. The molecule has 1 aliphatic heterocycles. The van der Waals surface area contributed by atoms with E-state index in [0.29, 0.717) is 46.5 Å². The lowest BCUT2D eigenvalue weighted by Crippen LogP contribution is -2.17. The van der Waals surface area contributed by atoms with Crippen molar-refractivity contribution >= 4 is 34.3 Å². The van der Waals surface area contributed by atoms with Crippen molar-refractivity contribution in [3.05, 3.63) is 52.8 Å². The van der Waals surface area contributed by atoms with Crippen molar-refractivity contribution in [2.45, 2.75) is 5.16 Å². The summed E-state index contributed by atoms with van der Waals surface area (Å²) in [6.07, 6.45) is 0. The molecule has 1 aromatic heterocycles. The van der Waals surface area contributed by atoms with Crippen molar-refractivity contribution in [2.24, 2.45) is 0 Å². The van der Waals surface area contributed by atoms with Crippen molar-refractivity contribution in [2.75, 3.05) is 24.3 Å². The first-order chi connectivity index (χ1) is 12.7. The first kappa shape index (κ1) is 16.5. The Morgan fingerprint density at radius 1 is 1.15 bits per heavy atom. The number of hydrogen-bond acceptors (Lipinski definition) is 6. The SMILES string of the molecule is O=C(CSc1nc2ccccc2c(=O)[nH]1)Nc1ccc2c(c1)OCCO2. The molecular weight excluding hydrogens is 354 g/mol. The number of ether oxygens (including phenoxy) is 2. The smallest absolute Gasteiger partial charge is 0.259 e. The van der Waals surface area contributed by atoms with Crippen LogP contribution < -0.4 is 20.3 Å². The van der Waals surface area contributed by atoms with Crippen LogP contribution >= 0.6 is 11.8 Å². The second-order valence-electron chi connectivity index (χ2n) is 5.58. The molecule has 2 N–H and O–H groups in total. The monoisotopic (exact) mass is 369 g/mol. The van der Waals surface area contributed by atoms with Gasteiger partial charge in [0.15, 0.2) is 16.7 Å². The van der Waals surface area contributed by atoms with Gasteiger partial charge < -0.3 is 19.8 Å². The van der Waals surface area contributed by atoms with Gasteiger partial charge in [0.25, 0.3) is 5.56 Å². The summed E-state index contributed by atoms with van der Waals surface area (Å²) in [4.78, 5) is 31.3. The van der Waals surface area contributed by atoms with Crippen LogP contribution in [-0.4, -0.2) is 34.8 Å². The predicted molar refractivity (Wildman–Crippen MR) is 99.1 cm³/mol. The fraction of sp³-hybridized carbons (Fsp3) is 0.167. The molecule has 7 nitrogen and oxygen atoms in total. The summed E-state index contributed by atoms with van der Waals surface area (Å²) in [7, 11) is 0. The zero-order chi connectivity index (χ0) is 17.9. The zero-order valence-corrected chi connectivity index (χ0v) is 14.5. The fourth-order valence-electron chi connectivity index (χ4n) is 2.59. The van der Waals surface area contributed by atoms with Crippen LogP contribution in [0.2, 0.25) is 0 Å². The summed E-state index contributed by atoms with van der Waals surface area (Å²) in [5.74, 6) is 1.20. The number of anilines is 1. The second-order valence-corrected chi connectivity index (χ2v) is 6.55. The number of amides is 1. The summed E-state index contributed by atoms with van der Waals surface area (Å²) in [5, 5.41) is 3.73. The summed E-state index contributed by atoms with van der Waals surface area (Å²) in [5.41, 5.74) is 1.01. The molecule has 0 saturated heterocycles. The lowest BCUT2D eigenvalue weighted by molar-refractivity contribution is -0.113. The van der Waals surface area contributed by atoms with Crippen molar-refractivity contribution in [3.8, 4) is 11.5 Å². The van der Waals surface area contributed by atoms with E-state index in [4.69, 9.17) is 9.47 Å². The topological polar surface area (TPSA) is 93.3 Å². The number of nitrogens with zero attached hydrogens (tertiary/aromatic N) is 1. The van der Waals surface area contributed by atoms with Gasteiger partial charge in [-0.25, -0.2) is 4.98 Å². The van der Waals surface area contributed by atoms with E-state index in [2.05, 4.69) is 15.3 Å². The number of hydrogen-bond donors (Lipinski definition) is 2. The molecule has 0 spiro atoms. The van der Waals surface area contributed by atoms with Gasteiger partial charge in [-0.1, -0.05) is 23.9 Å². The van der Waals surface area contributed by atoms with Gasteiger partial charge in [-0.15, -0.1) is 0 Å². The van der Waals surface area contributed by atoms with Gasteiger partial charge in [0.05, 0.1) is 16.7 Å². The molecule has 1 amide bonds. The number of benzene rings is 2. The van der Waals surface area contributed by atoms with E-state index in [0.717, 1.165) is 0 Å². The van der Waals surface area contributed by atoms with Gasteiger partial charge in [0.2, 0.25) is 5.91 Å². The molecule has 4 rings (SSSR count). The molecule has 0 saturated carbocycles. The number of aromatic nitrogens is 2. The van der Waals surface area contributed by atoms with Gasteiger partial charge in [-0.05, 0) is 24.3 Å². The Morgan fingerprint density at radius 3 is 2.85 bits per heavy atom. The molecule has 132 valence electrons. The predicted octanol–water partition coefficient (Wildman–Crippen LogP) is 2.43.